The monoisotopic (exact) mass is 509 g/mol. The van der Waals surface area contributed by atoms with E-state index in [1.165, 1.54) is 12.1 Å². The fraction of sp³-hybridized carbons (Fsp3) is 0.357. The quantitative estimate of drug-likeness (QED) is 0.382. The van der Waals surface area contributed by atoms with Crippen molar-refractivity contribution in [1.82, 2.24) is 9.80 Å². The van der Waals surface area contributed by atoms with Crippen LogP contribution in [0.4, 0.5) is 14.9 Å². The van der Waals surface area contributed by atoms with Crippen molar-refractivity contribution in [2.45, 2.75) is 45.4 Å². The average molecular weight is 510 g/mol. The second-order valence-electron chi connectivity index (χ2n) is 8.91. The lowest BCUT2D eigenvalue weighted by atomic mass is 10.1. The molecule has 1 aromatic heterocycles. The van der Waals surface area contributed by atoms with Gasteiger partial charge in [-0.1, -0.05) is 43.3 Å². The smallest absolute Gasteiger partial charge is 0.322 e. The highest BCUT2D eigenvalue weighted by Crippen LogP contribution is 2.20. The minimum Gasteiger partial charge on any atom is -0.376 e. The highest BCUT2D eigenvalue weighted by Gasteiger charge is 2.27. The van der Waals surface area contributed by atoms with Gasteiger partial charge in [0.05, 0.1) is 12.6 Å². The van der Waals surface area contributed by atoms with Crippen LogP contribution in [-0.4, -0.2) is 47.5 Å². The third-order valence-electron chi connectivity index (χ3n) is 6.27. The Morgan fingerprint density at radius 3 is 2.56 bits per heavy atom. The number of anilines is 1. The molecule has 0 saturated carbocycles. The molecule has 2 aromatic carbocycles. The Labute approximate surface area is 215 Å². The van der Waals surface area contributed by atoms with E-state index in [9.17, 15) is 14.0 Å². The number of aryl methyl sites for hydroxylation is 1. The van der Waals surface area contributed by atoms with Gasteiger partial charge in [-0.05, 0) is 60.0 Å². The van der Waals surface area contributed by atoms with Crippen LogP contribution in [0, 0.1) is 5.82 Å². The highest BCUT2D eigenvalue weighted by atomic mass is 32.1. The zero-order valence-electron chi connectivity index (χ0n) is 20.5. The Hall–Kier alpha value is -3.23. The molecule has 3 aromatic rings. The molecule has 0 radical (unpaired) electrons. The van der Waals surface area contributed by atoms with Crippen molar-refractivity contribution in [3.05, 3.63) is 87.9 Å². The Morgan fingerprint density at radius 1 is 1.06 bits per heavy atom. The summed E-state index contributed by atoms with van der Waals surface area (Å²) < 4.78 is 19.2. The number of nitrogens with one attached hydrogen (secondary N) is 1. The Bertz CT molecular complexity index is 1130. The number of para-hydroxylation sites is 1. The van der Waals surface area contributed by atoms with Crippen molar-refractivity contribution in [2.24, 2.45) is 0 Å². The second-order valence-corrected chi connectivity index (χ2v) is 9.94. The topological polar surface area (TPSA) is 61.9 Å². The van der Waals surface area contributed by atoms with Gasteiger partial charge in [0.15, 0.2) is 0 Å². The fourth-order valence-corrected chi connectivity index (χ4v) is 5.01. The summed E-state index contributed by atoms with van der Waals surface area (Å²) in [7, 11) is 0. The summed E-state index contributed by atoms with van der Waals surface area (Å²) in [5, 5.41) is 4.97. The van der Waals surface area contributed by atoms with Crippen LogP contribution in [0.2, 0.25) is 0 Å². The van der Waals surface area contributed by atoms with E-state index in [4.69, 9.17) is 4.74 Å². The molecule has 1 saturated heterocycles. The van der Waals surface area contributed by atoms with Gasteiger partial charge in [0.2, 0.25) is 5.91 Å². The van der Waals surface area contributed by atoms with Gasteiger partial charge < -0.3 is 19.9 Å². The third-order valence-corrected chi connectivity index (χ3v) is 7.13. The second kappa shape index (κ2) is 12.6. The number of nitrogens with zero attached hydrogens (tertiary/aromatic N) is 2. The predicted molar refractivity (Wildman–Crippen MR) is 140 cm³/mol. The van der Waals surface area contributed by atoms with E-state index in [1.807, 2.05) is 48.7 Å². The molecule has 1 aliphatic heterocycles. The summed E-state index contributed by atoms with van der Waals surface area (Å²) in [4.78, 5) is 31.3. The first-order chi connectivity index (χ1) is 17.5. The number of urea groups is 1. The van der Waals surface area contributed by atoms with Gasteiger partial charge in [-0.3, -0.25) is 4.79 Å². The van der Waals surface area contributed by atoms with Crippen molar-refractivity contribution >= 4 is 29.0 Å². The van der Waals surface area contributed by atoms with Crippen LogP contribution in [0.25, 0.3) is 0 Å². The van der Waals surface area contributed by atoms with Crippen molar-refractivity contribution in [3.8, 4) is 0 Å². The third kappa shape index (κ3) is 7.15. The Balaban J connectivity index is 1.52. The molecule has 0 aliphatic carbocycles. The van der Waals surface area contributed by atoms with Gasteiger partial charge >= 0.3 is 6.03 Å². The standard InChI is InChI=1S/C28H32FN3O3S/c1-2-22-7-3-4-10-26(22)30-28(34)32(18-24-8-5-15-35-24)20-27(33)31(19-25-9-6-16-36-25)17-21-11-13-23(29)14-12-21/h3-4,6-7,9-14,16,24H,2,5,8,15,17-20H2,1H3,(H,30,34). The van der Waals surface area contributed by atoms with Gasteiger partial charge in [-0.2, -0.15) is 0 Å². The first-order valence-electron chi connectivity index (χ1n) is 12.3. The van der Waals surface area contributed by atoms with E-state index in [1.54, 1.807) is 33.3 Å². The fourth-order valence-electron chi connectivity index (χ4n) is 4.29. The van der Waals surface area contributed by atoms with Crippen LogP contribution in [-0.2, 0) is 29.0 Å². The molecule has 1 N–H and O–H groups in total. The van der Waals surface area contributed by atoms with Crippen molar-refractivity contribution in [2.75, 3.05) is 25.0 Å². The van der Waals surface area contributed by atoms with Gasteiger partial charge in [0.25, 0.3) is 0 Å². The van der Waals surface area contributed by atoms with Gasteiger partial charge in [-0.25, -0.2) is 9.18 Å². The number of halogens is 1. The maximum absolute atomic E-state index is 13.6. The van der Waals surface area contributed by atoms with Gasteiger partial charge in [0.1, 0.15) is 12.4 Å². The molecule has 4 rings (SSSR count). The predicted octanol–water partition coefficient (Wildman–Crippen LogP) is 5.69. The molecule has 1 unspecified atom stereocenters. The van der Waals surface area contributed by atoms with E-state index >= 15 is 0 Å². The zero-order chi connectivity index (χ0) is 25.3. The minimum atomic E-state index is -0.322. The maximum atomic E-state index is 13.6. The molecule has 0 spiro atoms. The van der Waals surface area contributed by atoms with E-state index in [2.05, 4.69) is 5.32 Å². The average Bonchev–Trinajstić information content (AvgIpc) is 3.59. The van der Waals surface area contributed by atoms with Crippen LogP contribution in [0.3, 0.4) is 0 Å². The minimum absolute atomic E-state index is 0.0768. The van der Waals surface area contributed by atoms with Crippen molar-refractivity contribution in [3.63, 3.8) is 0 Å². The van der Waals surface area contributed by atoms with Gasteiger partial charge in [0, 0.05) is 30.3 Å². The summed E-state index contributed by atoms with van der Waals surface area (Å²) in [5.74, 6) is -0.494. The van der Waals surface area contributed by atoms with Crippen molar-refractivity contribution < 1.29 is 18.7 Å². The van der Waals surface area contributed by atoms with E-state index < -0.39 is 0 Å². The number of hydrogen-bond acceptors (Lipinski definition) is 4. The Morgan fingerprint density at radius 2 is 1.86 bits per heavy atom. The number of rotatable bonds is 10. The number of ether oxygens (including phenoxy) is 1. The molecule has 0 bridgehead atoms. The number of carbonyl (C=O) groups is 2. The lowest BCUT2D eigenvalue weighted by Crippen LogP contribution is -2.46. The Kier molecular flexibility index (Phi) is 9.08. The summed E-state index contributed by atoms with van der Waals surface area (Å²) in [6.45, 7) is 3.72. The lowest BCUT2D eigenvalue weighted by molar-refractivity contribution is -0.133. The van der Waals surface area contributed by atoms with Crippen LogP contribution in [0.5, 0.6) is 0 Å². The molecule has 190 valence electrons. The van der Waals surface area contributed by atoms with Gasteiger partial charge in [-0.15, -0.1) is 11.3 Å². The molecule has 36 heavy (non-hydrogen) atoms. The van der Waals surface area contributed by atoms with Crippen LogP contribution >= 0.6 is 11.3 Å². The molecule has 1 atom stereocenters. The van der Waals surface area contributed by atoms with E-state index in [0.717, 1.165) is 41.0 Å². The molecule has 6 nitrogen and oxygen atoms in total. The normalized spacial score (nSPS) is 15.0. The first-order valence-corrected chi connectivity index (χ1v) is 13.2. The molecule has 1 fully saturated rings. The van der Waals surface area contributed by atoms with E-state index in [0.29, 0.717) is 26.2 Å². The van der Waals surface area contributed by atoms with Crippen LogP contribution in [0.15, 0.2) is 66.0 Å². The van der Waals surface area contributed by atoms with Crippen LogP contribution in [0.1, 0.15) is 35.8 Å². The first kappa shape index (κ1) is 25.9. The summed E-state index contributed by atoms with van der Waals surface area (Å²) in [6.07, 6.45) is 2.50. The molecular weight excluding hydrogens is 477 g/mol. The lowest BCUT2D eigenvalue weighted by Gasteiger charge is -2.29. The summed E-state index contributed by atoms with van der Waals surface area (Å²) in [5.41, 5.74) is 2.61. The molecule has 1 aliphatic rings. The maximum Gasteiger partial charge on any atom is 0.322 e. The summed E-state index contributed by atoms with van der Waals surface area (Å²) in [6, 6.07) is 17.4. The number of carbonyl (C=O) groups excluding carboxylic acids is 2. The largest absolute Gasteiger partial charge is 0.376 e. The molecule has 3 amide bonds. The molecule has 2 heterocycles. The zero-order valence-corrected chi connectivity index (χ0v) is 21.3. The number of amides is 3. The number of hydrogen-bond donors (Lipinski definition) is 1. The number of benzene rings is 2. The van der Waals surface area contributed by atoms with Crippen molar-refractivity contribution in [1.29, 1.82) is 0 Å². The number of thiophene rings is 1. The molecular formula is C28H32FN3O3S. The molecule has 8 heteroatoms. The van der Waals surface area contributed by atoms with Crippen LogP contribution < -0.4 is 5.32 Å². The van der Waals surface area contributed by atoms with E-state index in [-0.39, 0.29) is 30.4 Å². The summed E-state index contributed by atoms with van der Waals surface area (Å²) >= 11 is 1.57. The SMILES string of the molecule is CCc1ccccc1NC(=O)N(CC(=O)N(Cc1ccc(F)cc1)Cc1cccs1)CC1CCCO1. The highest BCUT2D eigenvalue weighted by molar-refractivity contribution is 7.09.